The number of rotatable bonds is 0. The third-order valence-electron chi connectivity index (χ3n) is 3.86. The van der Waals surface area contributed by atoms with Gasteiger partial charge in [0.1, 0.15) is 0 Å². The smallest absolute Gasteiger partial charge is 0.0482 e. The van der Waals surface area contributed by atoms with Crippen molar-refractivity contribution in [1.29, 1.82) is 0 Å². The Bertz CT molecular complexity index is 443. The second-order valence-electron chi connectivity index (χ2n) is 5.34. The molecule has 0 radical (unpaired) electrons. The summed E-state index contributed by atoms with van der Waals surface area (Å²) in [5.74, 6) is 0. The molecule has 78 valence electrons. The van der Waals surface area contributed by atoms with Gasteiger partial charge in [-0.3, -0.25) is 0 Å². The van der Waals surface area contributed by atoms with Crippen LogP contribution in [0.3, 0.4) is 0 Å². The maximum absolute atomic E-state index is 4.17. The van der Waals surface area contributed by atoms with Crippen molar-refractivity contribution in [2.24, 2.45) is 0 Å². The number of hydrogen-bond acceptors (Lipinski definition) is 1. The molecule has 2 aliphatic heterocycles. The molecule has 1 heteroatoms. The molecule has 3 rings (SSSR count). The highest BCUT2D eigenvalue weighted by atomic mass is 15.2. The Morgan fingerprint density at radius 1 is 1.33 bits per heavy atom. The Labute approximate surface area is 91.4 Å². The third-order valence-corrected chi connectivity index (χ3v) is 3.86. The zero-order valence-corrected chi connectivity index (χ0v) is 9.51. The number of benzene rings is 1. The fourth-order valence-electron chi connectivity index (χ4n) is 2.87. The third kappa shape index (κ3) is 1.09. The molecule has 1 aromatic rings. The van der Waals surface area contributed by atoms with Gasteiger partial charge in [-0.2, -0.15) is 0 Å². The predicted molar refractivity (Wildman–Crippen MR) is 64.3 cm³/mol. The minimum absolute atomic E-state index is 0.326. The molecule has 0 saturated carbocycles. The number of anilines is 1. The lowest BCUT2D eigenvalue weighted by atomic mass is 9.77. The van der Waals surface area contributed by atoms with Crippen LogP contribution in [0.15, 0.2) is 30.5 Å². The van der Waals surface area contributed by atoms with Crippen molar-refractivity contribution in [3.8, 4) is 0 Å². The Morgan fingerprint density at radius 2 is 2.13 bits per heavy atom. The van der Waals surface area contributed by atoms with Crippen LogP contribution >= 0.6 is 0 Å². The quantitative estimate of drug-likeness (QED) is 0.620. The predicted octanol–water partition coefficient (Wildman–Crippen LogP) is 3.24. The fraction of sp³-hybridized carbons (Fsp3) is 0.429. The van der Waals surface area contributed by atoms with Crippen molar-refractivity contribution in [1.82, 2.24) is 0 Å². The van der Waals surface area contributed by atoms with Crippen LogP contribution in [0, 0.1) is 0 Å². The van der Waals surface area contributed by atoms with Crippen LogP contribution < -0.4 is 4.90 Å². The van der Waals surface area contributed by atoms with Crippen LogP contribution in [0.25, 0.3) is 0 Å². The molecule has 15 heavy (non-hydrogen) atoms. The van der Waals surface area contributed by atoms with E-state index >= 15 is 0 Å². The molecule has 0 saturated heterocycles. The average molecular weight is 199 g/mol. The maximum Gasteiger partial charge on any atom is 0.0482 e. The molecule has 0 spiro atoms. The van der Waals surface area contributed by atoms with Gasteiger partial charge in [-0.05, 0) is 23.0 Å². The molecule has 0 aliphatic carbocycles. The summed E-state index contributed by atoms with van der Waals surface area (Å²) in [5, 5.41) is 0. The summed E-state index contributed by atoms with van der Waals surface area (Å²) < 4.78 is 0. The van der Waals surface area contributed by atoms with Crippen LogP contribution in [0.5, 0.6) is 0 Å². The van der Waals surface area contributed by atoms with Gasteiger partial charge in [0, 0.05) is 24.4 Å². The van der Waals surface area contributed by atoms with E-state index in [9.17, 15) is 0 Å². The highest BCUT2D eigenvalue weighted by Crippen LogP contribution is 2.46. The molecule has 0 unspecified atom stereocenters. The highest BCUT2D eigenvalue weighted by molar-refractivity contribution is 5.71. The minimum Gasteiger partial charge on any atom is -0.345 e. The first-order chi connectivity index (χ1) is 7.09. The Morgan fingerprint density at radius 3 is 2.93 bits per heavy atom. The second-order valence-corrected chi connectivity index (χ2v) is 5.34. The van der Waals surface area contributed by atoms with Gasteiger partial charge in [0.25, 0.3) is 0 Å². The SMILES string of the molecule is C=C1Cc2cccc3c2N1CCC3(C)C. The van der Waals surface area contributed by atoms with Gasteiger partial charge in [0.15, 0.2) is 0 Å². The first-order valence-corrected chi connectivity index (χ1v) is 5.67. The molecule has 2 heterocycles. The lowest BCUT2D eigenvalue weighted by Crippen LogP contribution is -2.34. The van der Waals surface area contributed by atoms with Crippen molar-refractivity contribution in [3.05, 3.63) is 41.6 Å². The number of hydrogen-bond donors (Lipinski definition) is 0. The van der Waals surface area contributed by atoms with E-state index in [2.05, 4.69) is 43.5 Å². The second kappa shape index (κ2) is 2.66. The molecule has 0 N–H and O–H groups in total. The molecular formula is C14H17N. The van der Waals surface area contributed by atoms with E-state index in [1.54, 1.807) is 0 Å². The first-order valence-electron chi connectivity index (χ1n) is 5.67. The summed E-state index contributed by atoms with van der Waals surface area (Å²) in [6.07, 6.45) is 2.27. The van der Waals surface area contributed by atoms with E-state index in [1.165, 1.54) is 28.9 Å². The summed E-state index contributed by atoms with van der Waals surface area (Å²) >= 11 is 0. The zero-order chi connectivity index (χ0) is 10.6. The van der Waals surface area contributed by atoms with E-state index in [1.807, 2.05) is 0 Å². The Balaban J connectivity index is 2.27. The zero-order valence-electron chi connectivity index (χ0n) is 9.51. The number of para-hydroxylation sites is 1. The van der Waals surface area contributed by atoms with Crippen molar-refractivity contribution in [2.75, 3.05) is 11.4 Å². The lowest BCUT2D eigenvalue weighted by Gasteiger charge is -2.38. The number of allylic oxidation sites excluding steroid dienone is 1. The molecule has 0 aromatic heterocycles. The summed E-state index contributed by atoms with van der Waals surface area (Å²) in [6, 6.07) is 6.72. The molecule has 2 aliphatic rings. The van der Waals surface area contributed by atoms with E-state index in [4.69, 9.17) is 0 Å². The van der Waals surface area contributed by atoms with Gasteiger partial charge in [-0.1, -0.05) is 38.6 Å². The molecule has 0 amide bonds. The van der Waals surface area contributed by atoms with Gasteiger partial charge < -0.3 is 4.90 Å². The van der Waals surface area contributed by atoms with Crippen LogP contribution in [-0.4, -0.2) is 6.54 Å². The van der Waals surface area contributed by atoms with Gasteiger partial charge >= 0.3 is 0 Å². The Hall–Kier alpha value is -1.24. The molecule has 0 fully saturated rings. The summed E-state index contributed by atoms with van der Waals surface area (Å²) in [6.45, 7) is 10.0. The lowest BCUT2D eigenvalue weighted by molar-refractivity contribution is 0.465. The van der Waals surface area contributed by atoms with E-state index < -0.39 is 0 Å². The molecule has 1 nitrogen and oxygen atoms in total. The largest absolute Gasteiger partial charge is 0.345 e. The fourth-order valence-corrected chi connectivity index (χ4v) is 2.87. The molecule has 0 bridgehead atoms. The number of nitrogens with zero attached hydrogens (tertiary/aromatic N) is 1. The van der Waals surface area contributed by atoms with E-state index in [-0.39, 0.29) is 0 Å². The van der Waals surface area contributed by atoms with Crippen LogP contribution in [0.1, 0.15) is 31.4 Å². The van der Waals surface area contributed by atoms with Crippen LogP contribution in [-0.2, 0) is 11.8 Å². The maximum atomic E-state index is 4.17. The molecular weight excluding hydrogens is 182 g/mol. The van der Waals surface area contributed by atoms with Crippen LogP contribution in [0.2, 0.25) is 0 Å². The summed E-state index contributed by atoms with van der Waals surface area (Å²) in [5.41, 5.74) is 6.02. The van der Waals surface area contributed by atoms with Crippen molar-refractivity contribution in [3.63, 3.8) is 0 Å². The van der Waals surface area contributed by atoms with Crippen molar-refractivity contribution < 1.29 is 0 Å². The normalized spacial score (nSPS) is 21.7. The Kier molecular flexibility index (Phi) is 1.60. The van der Waals surface area contributed by atoms with Gasteiger partial charge in [0.05, 0.1) is 0 Å². The first kappa shape index (κ1) is 9.02. The van der Waals surface area contributed by atoms with Crippen molar-refractivity contribution in [2.45, 2.75) is 32.1 Å². The standard InChI is InChI=1S/C14H17N/c1-10-9-11-5-4-6-12-13(11)15(10)8-7-14(12,2)3/h4-6H,1,7-9H2,2-3H3. The van der Waals surface area contributed by atoms with E-state index in [0.717, 1.165) is 13.0 Å². The topological polar surface area (TPSA) is 3.24 Å². The average Bonchev–Trinajstić information content (AvgIpc) is 2.50. The van der Waals surface area contributed by atoms with Crippen molar-refractivity contribution >= 4 is 5.69 Å². The van der Waals surface area contributed by atoms with Gasteiger partial charge in [-0.25, -0.2) is 0 Å². The summed E-state index contributed by atoms with van der Waals surface area (Å²) in [7, 11) is 0. The molecule has 1 aromatic carbocycles. The minimum atomic E-state index is 0.326. The summed E-state index contributed by atoms with van der Waals surface area (Å²) in [4.78, 5) is 2.41. The van der Waals surface area contributed by atoms with E-state index in [0.29, 0.717) is 5.41 Å². The van der Waals surface area contributed by atoms with Gasteiger partial charge in [-0.15, -0.1) is 0 Å². The van der Waals surface area contributed by atoms with Gasteiger partial charge in [0.2, 0.25) is 0 Å². The monoisotopic (exact) mass is 199 g/mol. The highest BCUT2D eigenvalue weighted by Gasteiger charge is 2.36. The molecule has 0 atom stereocenters. The van der Waals surface area contributed by atoms with Crippen LogP contribution in [0.4, 0.5) is 5.69 Å².